The van der Waals surface area contributed by atoms with Crippen LogP contribution in [0.1, 0.15) is 40.5 Å². The fraction of sp³-hybridized carbons (Fsp3) is 0.917. The maximum absolute atomic E-state index is 11.5. The molecule has 0 aromatic carbocycles. The SMILES string of the molecule is CC[C@H](C)NC(N)=NCCCN(C(C)C)S(C)(=O)=O. The lowest BCUT2D eigenvalue weighted by Gasteiger charge is -2.23. The molecule has 19 heavy (non-hydrogen) atoms. The Hall–Kier alpha value is -0.820. The van der Waals surface area contributed by atoms with Crippen molar-refractivity contribution in [3.05, 3.63) is 0 Å². The summed E-state index contributed by atoms with van der Waals surface area (Å²) >= 11 is 0. The summed E-state index contributed by atoms with van der Waals surface area (Å²) in [6, 6.07) is 0.265. The molecule has 0 aromatic heterocycles. The lowest BCUT2D eigenvalue weighted by Crippen LogP contribution is -2.39. The van der Waals surface area contributed by atoms with Gasteiger partial charge in [0, 0.05) is 25.2 Å². The molecule has 0 radical (unpaired) electrons. The summed E-state index contributed by atoms with van der Waals surface area (Å²) < 4.78 is 24.5. The summed E-state index contributed by atoms with van der Waals surface area (Å²) in [6.45, 7) is 8.82. The van der Waals surface area contributed by atoms with Gasteiger partial charge in [0.15, 0.2) is 5.96 Å². The second-order valence-corrected chi connectivity index (χ2v) is 6.98. The number of guanidine groups is 1. The molecule has 0 aliphatic rings. The van der Waals surface area contributed by atoms with Gasteiger partial charge in [-0.1, -0.05) is 6.92 Å². The molecule has 6 nitrogen and oxygen atoms in total. The molecule has 7 heteroatoms. The van der Waals surface area contributed by atoms with E-state index in [9.17, 15) is 8.42 Å². The minimum Gasteiger partial charge on any atom is -0.370 e. The van der Waals surface area contributed by atoms with Crippen molar-refractivity contribution >= 4 is 16.0 Å². The fourth-order valence-corrected chi connectivity index (χ4v) is 2.86. The summed E-state index contributed by atoms with van der Waals surface area (Å²) in [5, 5.41) is 3.07. The minimum atomic E-state index is -3.15. The summed E-state index contributed by atoms with van der Waals surface area (Å²) in [5.41, 5.74) is 5.72. The second kappa shape index (κ2) is 8.37. The zero-order chi connectivity index (χ0) is 15.1. The molecule has 0 aliphatic heterocycles. The van der Waals surface area contributed by atoms with Crippen LogP contribution in [0.15, 0.2) is 4.99 Å². The van der Waals surface area contributed by atoms with Crippen LogP contribution in [0.25, 0.3) is 0 Å². The highest BCUT2D eigenvalue weighted by atomic mass is 32.2. The molecule has 3 N–H and O–H groups in total. The third kappa shape index (κ3) is 8.05. The van der Waals surface area contributed by atoms with Crippen LogP contribution in [-0.2, 0) is 10.0 Å². The largest absolute Gasteiger partial charge is 0.370 e. The number of nitrogens with zero attached hydrogens (tertiary/aromatic N) is 2. The average molecular weight is 292 g/mol. The van der Waals surface area contributed by atoms with E-state index in [4.69, 9.17) is 5.73 Å². The molecule has 0 saturated carbocycles. The molecule has 0 heterocycles. The van der Waals surface area contributed by atoms with Crippen LogP contribution in [0.5, 0.6) is 0 Å². The van der Waals surface area contributed by atoms with Crippen LogP contribution in [0.4, 0.5) is 0 Å². The van der Waals surface area contributed by atoms with Gasteiger partial charge in [-0.25, -0.2) is 8.42 Å². The van der Waals surface area contributed by atoms with Crippen molar-refractivity contribution < 1.29 is 8.42 Å². The first-order chi connectivity index (χ1) is 8.68. The van der Waals surface area contributed by atoms with E-state index in [1.807, 2.05) is 20.8 Å². The maximum atomic E-state index is 11.5. The number of nitrogens with one attached hydrogen (secondary N) is 1. The predicted molar refractivity (Wildman–Crippen MR) is 80.7 cm³/mol. The summed E-state index contributed by atoms with van der Waals surface area (Å²) in [7, 11) is -3.15. The van der Waals surface area contributed by atoms with Crippen LogP contribution in [0.3, 0.4) is 0 Å². The summed E-state index contributed by atoms with van der Waals surface area (Å²) in [5.74, 6) is 0.421. The van der Waals surface area contributed by atoms with Gasteiger partial charge in [-0.15, -0.1) is 0 Å². The zero-order valence-electron chi connectivity index (χ0n) is 12.7. The molecule has 0 fully saturated rings. The summed E-state index contributed by atoms with van der Waals surface area (Å²) in [6.07, 6.45) is 2.87. The minimum absolute atomic E-state index is 0.0328. The lowest BCUT2D eigenvalue weighted by atomic mass is 10.3. The first-order valence-corrected chi connectivity index (χ1v) is 8.56. The van der Waals surface area contributed by atoms with Crippen molar-refractivity contribution in [2.75, 3.05) is 19.3 Å². The zero-order valence-corrected chi connectivity index (χ0v) is 13.5. The maximum Gasteiger partial charge on any atom is 0.211 e. The molecule has 0 spiro atoms. The Bertz CT molecular complexity index is 379. The smallest absolute Gasteiger partial charge is 0.211 e. The topological polar surface area (TPSA) is 87.8 Å². The first kappa shape index (κ1) is 18.2. The average Bonchev–Trinajstić information content (AvgIpc) is 2.26. The Labute approximate surface area is 117 Å². The Morgan fingerprint density at radius 3 is 2.37 bits per heavy atom. The molecule has 1 atom stereocenters. The van der Waals surface area contributed by atoms with Gasteiger partial charge in [-0.2, -0.15) is 4.31 Å². The quantitative estimate of drug-likeness (QED) is 0.392. The third-order valence-electron chi connectivity index (χ3n) is 2.83. The van der Waals surface area contributed by atoms with Gasteiger partial charge >= 0.3 is 0 Å². The van der Waals surface area contributed by atoms with Gasteiger partial charge in [-0.05, 0) is 33.6 Å². The van der Waals surface area contributed by atoms with Crippen molar-refractivity contribution in [3.8, 4) is 0 Å². The number of hydrogen-bond acceptors (Lipinski definition) is 3. The van der Waals surface area contributed by atoms with Crippen molar-refractivity contribution in [2.24, 2.45) is 10.7 Å². The Kier molecular flexibility index (Phi) is 8.01. The van der Waals surface area contributed by atoms with Gasteiger partial charge < -0.3 is 11.1 Å². The van der Waals surface area contributed by atoms with E-state index < -0.39 is 10.0 Å². The van der Waals surface area contributed by atoms with E-state index in [0.29, 0.717) is 31.5 Å². The number of rotatable bonds is 8. The highest BCUT2D eigenvalue weighted by Gasteiger charge is 2.18. The number of sulfonamides is 1. The Morgan fingerprint density at radius 2 is 1.95 bits per heavy atom. The second-order valence-electron chi connectivity index (χ2n) is 5.04. The molecule has 114 valence electrons. The molecular formula is C12H28N4O2S. The van der Waals surface area contributed by atoms with Gasteiger partial charge in [0.1, 0.15) is 0 Å². The molecular weight excluding hydrogens is 264 g/mol. The number of nitrogens with two attached hydrogens (primary N) is 1. The number of aliphatic imine (C=N–C) groups is 1. The molecule has 0 bridgehead atoms. The van der Waals surface area contributed by atoms with E-state index in [-0.39, 0.29) is 6.04 Å². The van der Waals surface area contributed by atoms with Crippen LogP contribution < -0.4 is 11.1 Å². The molecule has 0 rings (SSSR count). The normalized spacial score (nSPS) is 15.0. The lowest BCUT2D eigenvalue weighted by molar-refractivity contribution is 0.354. The Morgan fingerprint density at radius 1 is 1.37 bits per heavy atom. The van der Waals surface area contributed by atoms with E-state index in [1.165, 1.54) is 10.6 Å². The monoisotopic (exact) mass is 292 g/mol. The highest BCUT2D eigenvalue weighted by molar-refractivity contribution is 7.88. The van der Waals surface area contributed by atoms with E-state index >= 15 is 0 Å². The highest BCUT2D eigenvalue weighted by Crippen LogP contribution is 2.05. The van der Waals surface area contributed by atoms with Crippen LogP contribution in [-0.4, -0.2) is 50.1 Å². The van der Waals surface area contributed by atoms with E-state index in [0.717, 1.165) is 6.42 Å². The van der Waals surface area contributed by atoms with Gasteiger partial charge in [-0.3, -0.25) is 4.99 Å². The van der Waals surface area contributed by atoms with Crippen LogP contribution in [0, 0.1) is 0 Å². The Balaban J connectivity index is 4.18. The molecule has 0 amide bonds. The van der Waals surface area contributed by atoms with Crippen molar-refractivity contribution in [1.82, 2.24) is 9.62 Å². The van der Waals surface area contributed by atoms with Crippen molar-refractivity contribution in [3.63, 3.8) is 0 Å². The third-order valence-corrected chi connectivity index (χ3v) is 4.28. The van der Waals surface area contributed by atoms with Crippen LogP contribution >= 0.6 is 0 Å². The molecule has 0 aliphatic carbocycles. The number of hydrogen-bond donors (Lipinski definition) is 2. The molecule has 0 saturated heterocycles. The first-order valence-electron chi connectivity index (χ1n) is 6.71. The van der Waals surface area contributed by atoms with Crippen molar-refractivity contribution in [2.45, 2.75) is 52.6 Å². The van der Waals surface area contributed by atoms with Gasteiger partial charge in [0.05, 0.1) is 6.26 Å². The molecule has 0 unspecified atom stereocenters. The van der Waals surface area contributed by atoms with Gasteiger partial charge in [0.2, 0.25) is 10.0 Å². The van der Waals surface area contributed by atoms with Gasteiger partial charge in [0.25, 0.3) is 0 Å². The predicted octanol–water partition coefficient (Wildman–Crippen LogP) is 0.749. The standard InChI is InChI=1S/C12H28N4O2S/c1-6-11(4)15-12(13)14-8-7-9-16(10(2)3)19(5,17)18/h10-11H,6-9H2,1-5H3,(H3,13,14,15)/t11-/m0/s1. The molecule has 0 aromatic rings. The fourth-order valence-electron chi connectivity index (χ4n) is 1.63. The van der Waals surface area contributed by atoms with E-state index in [1.54, 1.807) is 0 Å². The van der Waals surface area contributed by atoms with E-state index in [2.05, 4.69) is 17.2 Å². The summed E-state index contributed by atoms with van der Waals surface area (Å²) in [4.78, 5) is 4.19. The van der Waals surface area contributed by atoms with Crippen LogP contribution in [0.2, 0.25) is 0 Å². The van der Waals surface area contributed by atoms with Crippen molar-refractivity contribution in [1.29, 1.82) is 0 Å².